The third-order valence-corrected chi connectivity index (χ3v) is 8.26. The molecule has 0 saturated carbocycles. The summed E-state index contributed by atoms with van der Waals surface area (Å²) in [5, 5.41) is 3.74. The number of nitrogens with one attached hydrogen (secondary N) is 1. The van der Waals surface area contributed by atoms with Crippen LogP contribution in [-0.4, -0.2) is 31.7 Å². The quantitative estimate of drug-likeness (QED) is 0.581. The van der Waals surface area contributed by atoms with Crippen molar-refractivity contribution >= 4 is 44.8 Å². The monoisotopic (exact) mass is 482 g/mol. The highest BCUT2D eigenvalue weighted by molar-refractivity contribution is 7.88. The molecule has 1 aliphatic rings. The minimum atomic E-state index is -3.66. The number of hydrogen-bond donors (Lipinski definition) is 1. The lowest BCUT2D eigenvalue weighted by Crippen LogP contribution is -2.44. The first-order valence-electron chi connectivity index (χ1n) is 10.6. The molecule has 1 amide bonds. The van der Waals surface area contributed by atoms with Gasteiger partial charge < -0.3 is 5.32 Å². The van der Waals surface area contributed by atoms with Gasteiger partial charge in [-0.15, -0.1) is 0 Å². The van der Waals surface area contributed by atoms with Gasteiger partial charge in [-0.05, 0) is 48.9 Å². The van der Waals surface area contributed by atoms with E-state index < -0.39 is 15.9 Å². The lowest BCUT2D eigenvalue weighted by molar-refractivity contribution is -0.120. The van der Waals surface area contributed by atoms with E-state index in [2.05, 4.69) is 19.2 Å². The summed E-state index contributed by atoms with van der Waals surface area (Å²) in [5.74, 6) is -0.815. The van der Waals surface area contributed by atoms with E-state index in [-0.39, 0.29) is 18.2 Å². The molecule has 0 aliphatic carbocycles. The van der Waals surface area contributed by atoms with E-state index in [4.69, 9.17) is 23.2 Å². The van der Waals surface area contributed by atoms with E-state index in [1.165, 1.54) is 4.31 Å². The number of carbonyl (C=O) groups is 1. The highest BCUT2D eigenvalue weighted by Gasteiger charge is 2.33. The van der Waals surface area contributed by atoms with Crippen LogP contribution in [0.25, 0.3) is 0 Å². The van der Waals surface area contributed by atoms with Crippen LogP contribution in [0, 0.1) is 5.92 Å². The van der Waals surface area contributed by atoms with Crippen molar-refractivity contribution in [1.29, 1.82) is 0 Å². The summed E-state index contributed by atoms with van der Waals surface area (Å²) in [4.78, 5) is 13.1. The molecule has 31 heavy (non-hydrogen) atoms. The van der Waals surface area contributed by atoms with Crippen LogP contribution in [-0.2, 0) is 33.4 Å². The van der Waals surface area contributed by atoms with E-state index in [0.717, 1.165) is 29.7 Å². The second-order valence-corrected chi connectivity index (χ2v) is 10.6. The number of rotatable bonds is 7. The predicted molar refractivity (Wildman–Crippen MR) is 127 cm³/mol. The van der Waals surface area contributed by atoms with Crippen LogP contribution >= 0.6 is 23.2 Å². The molecule has 0 radical (unpaired) electrons. The number of para-hydroxylation sites is 1. The first kappa shape index (κ1) is 24.1. The fraction of sp³-hybridized carbons (Fsp3) is 0.435. The van der Waals surface area contributed by atoms with Crippen LogP contribution in [0.1, 0.15) is 43.4 Å². The average molecular weight is 483 g/mol. The molecule has 5 nitrogen and oxygen atoms in total. The van der Waals surface area contributed by atoms with E-state index >= 15 is 0 Å². The summed E-state index contributed by atoms with van der Waals surface area (Å²) in [6.45, 7) is 4.66. The van der Waals surface area contributed by atoms with E-state index in [9.17, 15) is 13.2 Å². The van der Waals surface area contributed by atoms with Gasteiger partial charge in [0.2, 0.25) is 15.9 Å². The van der Waals surface area contributed by atoms with Gasteiger partial charge in [0, 0.05) is 34.4 Å². The number of amides is 1. The van der Waals surface area contributed by atoms with Crippen molar-refractivity contribution in [3.63, 3.8) is 0 Å². The van der Waals surface area contributed by atoms with Crippen LogP contribution < -0.4 is 5.32 Å². The zero-order valence-corrected chi connectivity index (χ0v) is 20.2. The summed E-state index contributed by atoms with van der Waals surface area (Å²) in [5.41, 5.74) is 3.42. The smallest absolute Gasteiger partial charge is 0.228 e. The summed E-state index contributed by atoms with van der Waals surface area (Å²) in [6.07, 6.45) is 2.91. The molecule has 2 aromatic carbocycles. The maximum atomic E-state index is 13.1. The van der Waals surface area contributed by atoms with Gasteiger partial charge in [-0.1, -0.05) is 61.3 Å². The fourth-order valence-corrected chi connectivity index (χ4v) is 6.34. The van der Waals surface area contributed by atoms with Gasteiger partial charge in [0.25, 0.3) is 0 Å². The average Bonchev–Trinajstić information content (AvgIpc) is 2.76. The Hall–Kier alpha value is -1.60. The minimum Gasteiger partial charge on any atom is -0.325 e. The maximum absolute atomic E-state index is 13.1. The van der Waals surface area contributed by atoms with E-state index in [1.54, 1.807) is 18.2 Å². The molecule has 1 fully saturated rings. The molecule has 1 unspecified atom stereocenters. The number of aryl methyl sites for hydroxylation is 2. The summed E-state index contributed by atoms with van der Waals surface area (Å²) < 4.78 is 27.5. The number of sulfonamides is 1. The van der Waals surface area contributed by atoms with Crippen LogP contribution in [0.2, 0.25) is 10.0 Å². The largest absolute Gasteiger partial charge is 0.325 e. The summed E-state index contributed by atoms with van der Waals surface area (Å²) in [6, 6.07) is 11.0. The van der Waals surface area contributed by atoms with Crippen molar-refractivity contribution in [3.05, 3.63) is 63.1 Å². The molecular formula is C23H28Cl2N2O3S. The lowest BCUT2D eigenvalue weighted by atomic mass is 9.97. The number of anilines is 1. The SMILES string of the molecule is CCc1cccc(CC)c1NC(=O)C1CCCN(S(=O)(=O)Cc2c(Cl)cccc2Cl)C1. The highest BCUT2D eigenvalue weighted by atomic mass is 35.5. The normalized spacial score (nSPS) is 17.5. The van der Waals surface area contributed by atoms with Crippen LogP contribution in [0.15, 0.2) is 36.4 Å². The molecule has 168 valence electrons. The predicted octanol–water partition coefficient (Wildman–Crippen LogP) is 5.30. The van der Waals surface area contributed by atoms with Gasteiger partial charge in [-0.3, -0.25) is 4.79 Å². The molecule has 1 aliphatic heterocycles. The maximum Gasteiger partial charge on any atom is 0.228 e. The van der Waals surface area contributed by atoms with Crippen molar-refractivity contribution in [3.8, 4) is 0 Å². The Morgan fingerprint density at radius 3 is 2.23 bits per heavy atom. The van der Waals surface area contributed by atoms with Crippen molar-refractivity contribution in [2.24, 2.45) is 5.92 Å². The Bertz CT molecular complexity index is 1010. The van der Waals surface area contributed by atoms with Gasteiger partial charge in [-0.25, -0.2) is 12.7 Å². The lowest BCUT2D eigenvalue weighted by Gasteiger charge is -2.31. The number of nitrogens with zero attached hydrogens (tertiary/aromatic N) is 1. The number of benzene rings is 2. The molecule has 1 saturated heterocycles. The Labute approximate surface area is 194 Å². The molecule has 0 spiro atoms. The van der Waals surface area contributed by atoms with E-state index in [0.29, 0.717) is 35.0 Å². The second kappa shape index (κ2) is 10.3. The van der Waals surface area contributed by atoms with Crippen molar-refractivity contribution < 1.29 is 13.2 Å². The molecule has 0 aromatic heterocycles. The van der Waals surface area contributed by atoms with Crippen LogP contribution in [0.3, 0.4) is 0 Å². The van der Waals surface area contributed by atoms with Gasteiger partial charge in [0.15, 0.2) is 0 Å². The highest BCUT2D eigenvalue weighted by Crippen LogP contribution is 2.30. The first-order valence-corrected chi connectivity index (χ1v) is 13.0. The minimum absolute atomic E-state index is 0.133. The molecule has 1 atom stereocenters. The van der Waals surface area contributed by atoms with Crippen LogP contribution in [0.4, 0.5) is 5.69 Å². The van der Waals surface area contributed by atoms with Gasteiger partial charge in [0.05, 0.1) is 11.7 Å². The summed E-state index contributed by atoms with van der Waals surface area (Å²) >= 11 is 12.3. The molecule has 1 heterocycles. The van der Waals surface area contributed by atoms with Gasteiger partial charge in [-0.2, -0.15) is 0 Å². The Kier molecular flexibility index (Phi) is 8.03. The second-order valence-electron chi connectivity index (χ2n) is 7.80. The fourth-order valence-electron chi connectivity index (χ4n) is 3.98. The number of halogens is 2. The number of piperidine rings is 1. The molecule has 0 bridgehead atoms. The zero-order chi connectivity index (χ0) is 22.6. The molecule has 2 aromatic rings. The number of hydrogen-bond acceptors (Lipinski definition) is 3. The summed E-state index contributed by atoms with van der Waals surface area (Å²) in [7, 11) is -3.66. The third kappa shape index (κ3) is 5.61. The Balaban J connectivity index is 1.75. The topological polar surface area (TPSA) is 66.5 Å². The zero-order valence-electron chi connectivity index (χ0n) is 17.8. The van der Waals surface area contributed by atoms with Crippen molar-refractivity contribution in [2.75, 3.05) is 18.4 Å². The molecule has 1 N–H and O–H groups in total. The van der Waals surface area contributed by atoms with Crippen molar-refractivity contribution in [1.82, 2.24) is 4.31 Å². The number of carbonyl (C=O) groups excluding carboxylic acids is 1. The van der Waals surface area contributed by atoms with Crippen molar-refractivity contribution in [2.45, 2.75) is 45.3 Å². The van der Waals surface area contributed by atoms with Gasteiger partial charge >= 0.3 is 0 Å². The third-order valence-electron chi connectivity index (χ3n) is 5.78. The molecule has 8 heteroatoms. The van der Waals surface area contributed by atoms with Crippen LogP contribution in [0.5, 0.6) is 0 Å². The Morgan fingerprint density at radius 2 is 1.65 bits per heavy atom. The first-order chi connectivity index (χ1) is 14.8. The standard InChI is InChI=1S/C23H28Cl2N2O3S/c1-3-16-8-5-9-17(4-2)22(16)26-23(28)18-10-7-13-27(14-18)31(29,30)15-19-20(24)11-6-12-21(19)25/h5-6,8-9,11-12,18H,3-4,7,10,13-15H2,1-2H3,(H,26,28). The molecular weight excluding hydrogens is 455 g/mol. The van der Waals surface area contributed by atoms with E-state index in [1.807, 2.05) is 18.2 Å². The van der Waals surface area contributed by atoms with Gasteiger partial charge in [0.1, 0.15) is 0 Å². The Morgan fingerprint density at radius 1 is 1.06 bits per heavy atom. The molecule has 3 rings (SSSR count).